The summed E-state index contributed by atoms with van der Waals surface area (Å²) in [4.78, 5) is 2.43. The maximum atomic E-state index is 13.7. The Labute approximate surface area is 104 Å². The van der Waals surface area contributed by atoms with Gasteiger partial charge in [0.05, 0.1) is 0 Å². The van der Waals surface area contributed by atoms with Crippen LogP contribution in [-0.2, 0) is 0 Å². The van der Waals surface area contributed by atoms with Crippen molar-refractivity contribution in [1.82, 2.24) is 4.90 Å². The lowest BCUT2D eigenvalue weighted by atomic mass is 9.89. The van der Waals surface area contributed by atoms with Gasteiger partial charge in [-0.15, -0.1) is 0 Å². The first-order chi connectivity index (χ1) is 7.98. The van der Waals surface area contributed by atoms with Crippen LogP contribution in [0.5, 0.6) is 0 Å². The van der Waals surface area contributed by atoms with Crippen LogP contribution in [0.1, 0.15) is 45.2 Å². The summed E-state index contributed by atoms with van der Waals surface area (Å²) in [5, 5.41) is 0. The molecule has 1 aliphatic rings. The van der Waals surface area contributed by atoms with E-state index in [1.54, 1.807) is 0 Å². The lowest BCUT2D eigenvalue weighted by Gasteiger charge is -2.45. The van der Waals surface area contributed by atoms with Gasteiger partial charge in [-0.2, -0.15) is 0 Å². The fraction of sp³-hybridized carbons (Fsp3) is 0.600. The van der Waals surface area contributed by atoms with E-state index in [4.69, 9.17) is 0 Å². The van der Waals surface area contributed by atoms with Crippen LogP contribution < -0.4 is 0 Å². The minimum atomic E-state index is -0.654. The molecule has 2 atom stereocenters. The highest BCUT2D eigenvalue weighted by atomic mass is 19.1. The van der Waals surface area contributed by atoms with Crippen LogP contribution in [-0.4, -0.2) is 23.2 Å². The molecule has 1 aliphatic heterocycles. The number of halogens is 1. The fourth-order valence-corrected chi connectivity index (χ4v) is 2.72. The maximum Gasteiger partial charge on any atom is 0.103 e. The van der Waals surface area contributed by atoms with Gasteiger partial charge in [0.25, 0.3) is 0 Å². The number of rotatable bonds is 1. The van der Waals surface area contributed by atoms with Gasteiger partial charge in [-0.3, -0.25) is 4.90 Å². The third kappa shape index (κ3) is 2.86. The van der Waals surface area contributed by atoms with E-state index in [0.29, 0.717) is 12.8 Å². The van der Waals surface area contributed by atoms with Crippen molar-refractivity contribution in [2.45, 2.75) is 51.4 Å². The highest BCUT2D eigenvalue weighted by Crippen LogP contribution is 2.36. The second-order valence-corrected chi connectivity index (χ2v) is 5.91. The minimum absolute atomic E-state index is 0.0979. The van der Waals surface area contributed by atoms with Crippen molar-refractivity contribution in [1.29, 1.82) is 0 Å². The third-order valence-corrected chi connectivity index (χ3v) is 3.58. The zero-order chi connectivity index (χ0) is 12.5. The third-order valence-electron chi connectivity index (χ3n) is 3.58. The Morgan fingerprint density at radius 3 is 2.41 bits per heavy atom. The van der Waals surface area contributed by atoms with Gasteiger partial charge in [-0.05, 0) is 39.2 Å². The fourth-order valence-electron chi connectivity index (χ4n) is 2.72. The Kier molecular flexibility index (Phi) is 3.53. The first kappa shape index (κ1) is 12.6. The molecule has 0 spiro atoms. The topological polar surface area (TPSA) is 3.24 Å². The van der Waals surface area contributed by atoms with Crippen LogP contribution >= 0.6 is 0 Å². The van der Waals surface area contributed by atoms with Crippen molar-refractivity contribution >= 4 is 0 Å². The van der Waals surface area contributed by atoms with Gasteiger partial charge < -0.3 is 0 Å². The summed E-state index contributed by atoms with van der Waals surface area (Å²) in [6.07, 6.45) is 0.640. The Morgan fingerprint density at radius 2 is 1.82 bits per heavy atom. The van der Waals surface area contributed by atoms with E-state index >= 15 is 0 Å². The highest BCUT2D eigenvalue weighted by Gasteiger charge is 2.35. The lowest BCUT2D eigenvalue weighted by Crippen LogP contribution is -2.48. The highest BCUT2D eigenvalue weighted by molar-refractivity contribution is 5.20. The van der Waals surface area contributed by atoms with Gasteiger partial charge in [0, 0.05) is 18.1 Å². The number of piperidine rings is 1. The molecule has 17 heavy (non-hydrogen) atoms. The van der Waals surface area contributed by atoms with Crippen molar-refractivity contribution in [3.05, 3.63) is 35.9 Å². The average Bonchev–Trinajstić information content (AvgIpc) is 2.28. The predicted molar refractivity (Wildman–Crippen MR) is 69.8 cm³/mol. The molecule has 1 aromatic rings. The summed E-state index contributed by atoms with van der Waals surface area (Å²) >= 11 is 0. The molecule has 2 heteroatoms. The van der Waals surface area contributed by atoms with E-state index in [9.17, 15) is 4.39 Å². The molecule has 0 unspecified atom stereocenters. The van der Waals surface area contributed by atoms with Gasteiger partial charge in [-0.25, -0.2) is 4.39 Å². The van der Waals surface area contributed by atoms with Gasteiger partial charge in [0.15, 0.2) is 0 Å². The molecule has 0 radical (unpaired) electrons. The molecule has 94 valence electrons. The van der Waals surface area contributed by atoms with Gasteiger partial charge in [-0.1, -0.05) is 30.3 Å². The van der Waals surface area contributed by atoms with Crippen molar-refractivity contribution in [2.24, 2.45) is 0 Å². The molecule has 0 bridgehead atoms. The molecule has 0 aliphatic carbocycles. The monoisotopic (exact) mass is 235 g/mol. The Morgan fingerprint density at radius 1 is 1.18 bits per heavy atom. The SMILES string of the molecule is CC(C)(C)N1CC[C@@H](F)C[C@H]1c1ccccc1. The summed E-state index contributed by atoms with van der Waals surface area (Å²) < 4.78 is 13.7. The van der Waals surface area contributed by atoms with Gasteiger partial charge >= 0.3 is 0 Å². The largest absolute Gasteiger partial charge is 0.291 e. The van der Waals surface area contributed by atoms with Crippen molar-refractivity contribution in [3.8, 4) is 0 Å². The van der Waals surface area contributed by atoms with E-state index in [1.165, 1.54) is 5.56 Å². The standard InChI is InChI=1S/C15H22FN/c1-15(2,3)17-10-9-13(16)11-14(17)12-7-5-4-6-8-12/h4-8,13-14H,9-11H2,1-3H3/t13-,14+/m1/s1. The molecule has 0 N–H and O–H groups in total. The number of alkyl halides is 1. The molecule has 0 aromatic heterocycles. The Hall–Kier alpha value is -0.890. The number of nitrogens with zero attached hydrogens (tertiary/aromatic N) is 1. The lowest BCUT2D eigenvalue weighted by molar-refractivity contribution is 0.0192. The van der Waals surface area contributed by atoms with E-state index in [2.05, 4.69) is 37.8 Å². The summed E-state index contributed by atoms with van der Waals surface area (Å²) in [5.74, 6) is 0. The van der Waals surface area contributed by atoms with Crippen molar-refractivity contribution in [3.63, 3.8) is 0 Å². The molecule has 0 saturated carbocycles. The first-order valence-electron chi connectivity index (χ1n) is 6.44. The van der Waals surface area contributed by atoms with E-state index < -0.39 is 6.17 Å². The average molecular weight is 235 g/mol. The van der Waals surface area contributed by atoms with Crippen LogP contribution in [0.15, 0.2) is 30.3 Å². The molecule has 1 aromatic carbocycles. The molecule has 1 saturated heterocycles. The van der Waals surface area contributed by atoms with Crippen molar-refractivity contribution < 1.29 is 4.39 Å². The molecule has 2 rings (SSSR count). The Bertz CT molecular complexity index is 355. The zero-order valence-corrected chi connectivity index (χ0v) is 11.0. The van der Waals surface area contributed by atoms with E-state index in [1.807, 2.05) is 18.2 Å². The summed E-state index contributed by atoms with van der Waals surface area (Å²) in [5.41, 5.74) is 1.34. The molecular formula is C15H22FN. The number of hydrogen-bond donors (Lipinski definition) is 0. The molecule has 1 nitrogen and oxygen atoms in total. The maximum absolute atomic E-state index is 13.7. The van der Waals surface area contributed by atoms with Crippen LogP contribution in [0.4, 0.5) is 4.39 Å². The van der Waals surface area contributed by atoms with E-state index in [0.717, 1.165) is 6.54 Å². The van der Waals surface area contributed by atoms with E-state index in [-0.39, 0.29) is 11.6 Å². The van der Waals surface area contributed by atoms with Crippen LogP contribution in [0, 0.1) is 0 Å². The molecule has 1 heterocycles. The summed E-state index contributed by atoms with van der Waals surface area (Å²) in [6.45, 7) is 7.48. The zero-order valence-electron chi connectivity index (χ0n) is 11.0. The second-order valence-electron chi connectivity index (χ2n) is 5.91. The van der Waals surface area contributed by atoms with Crippen molar-refractivity contribution in [2.75, 3.05) is 6.54 Å². The van der Waals surface area contributed by atoms with Crippen LogP contribution in [0.2, 0.25) is 0 Å². The Balaban J connectivity index is 2.26. The minimum Gasteiger partial charge on any atom is -0.291 e. The first-order valence-corrected chi connectivity index (χ1v) is 6.44. The van der Waals surface area contributed by atoms with Gasteiger partial charge in [0.1, 0.15) is 6.17 Å². The smallest absolute Gasteiger partial charge is 0.103 e. The quantitative estimate of drug-likeness (QED) is 0.712. The molecule has 1 fully saturated rings. The normalized spacial score (nSPS) is 27.1. The number of likely N-dealkylation sites (tertiary alicyclic amines) is 1. The summed E-state index contributed by atoms with van der Waals surface area (Å²) in [6, 6.07) is 10.5. The van der Waals surface area contributed by atoms with Crippen LogP contribution in [0.3, 0.4) is 0 Å². The van der Waals surface area contributed by atoms with Crippen LogP contribution in [0.25, 0.3) is 0 Å². The summed E-state index contributed by atoms with van der Waals surface area (Å²) in [7, 11) is 0. The molecular weight excluding hydrogens is 213 g/mol. The van der Waals surface area contributed by atoms with Gasteiger partial charge in [0.2, 0.25) is 0 Å². The number of hydrogen-bond acceptors (Lipinski definition) is 1. The second kappa shape index (κ2) is 4.77. The number of benzene rings is 1. The molecule has 0 amide bonds. The predicted octanol–water partition coefficient (Wildman–Crippen LogP) is 3.96.